The minimum Gasteiger partial charge on any atom is -0.392 e. The molecule has 0 aliphatic carbocycles. The van der Waals surface area contributed by atoms with E-state index in [1.165, 1.54) is 6.07 Å². The number of hydrogen-bond donors (Lipinski definition) is 2. The second-order valence-electron chi connectivity index (χ2n) is 4.23. The summed E-state index contributed by atoms with van der Waals surface area (Å²) in [5.74, 6) is -0.878. The van der Waals surface area contributed by atoms with E-state index < -0.39 is 20.7 Å². The molecule has 0 fully saturated rings. The number of nitrogens with one attached hydrogen (secondary N) is 1. The second kappa shape index (κ2) is 6.13. The van der Waals surface area contributed by atoms with E-state index in [1.54, 1.807) is 24.3 Å². The maximum Gasteiger partial charge on any atom is 0.243 e. The first-order valence-corrected chi connectivity index (χ1v) is 7.44. The van der Waals surface area contributed by atoms with Gasteiger partial charge in [0.1, 0.15) is 10.7 Å². The summed E-state index contributed by atoms with van der Waals surface area (Å²) in [5, 5.41) is 8.88. The molecule has 2 N–H and O–H groups in total. The molecule has 2 aromatic rings. The first-order valence-electron chi connectivity index (χ1n) is 5.96. The molecule has 0 heterocycles. The Bertz CT molecular complexity index is 687. The molecule has 0 aliphatic heterocycles. The lowest BCUT2D eigenvalue weighted by Gasteiger charge is -2.08. The normalized spacial score (nSPS) is 11.5. The van der Waals surface area contributed by atoms with E-state index in [-0.39, 0.29) is 13.2 Å². The summed E-state index contributed by atoms with van der Waals surface area (Å²) >= 11 is 0. The molecule has 0 amide bonds. The molecule has 0 saturated heterocycles. The minimum atomic E-state index is -3.92. The number of hydrogen-bond acceptors (Lipinski definition) is 3. The van der Waals surface area contributed by atoms with E-state index in [9.17, 15) is 12.8 Å². The van der Waals surface area contributed by atoms with E-state index in [4.69, 9.17) is 5.11 Å². The highest BCUT2D eigenvalue weighted by molar-refractivity contribution is 7.89. The Balaban J connectivity index is 2.18. The van der Waals surface area contributed by atoms with Crippen molar-refractivity contribution in [3.05, 3.63) is 65.5 Å². The number of halogens is 1. The van der Waals surface area contributed by atoms with Crippen molar-refractivity contribution in [2.24, 2.45) is 0 Å². The maximum atomic E-state index is 13.7. The van der Waals surface area contributed by atoms with Crippen LogP contribution in [0.25, 0.3) is 0 Å². The van der Waals surface area contributed by atoms with Gasteiger partial charge in [-0.2, -0.15) is 0 Å². The smallest absolute Gasteiger partial charge is 0.243 e. The van der Waals surface area contributed by atoms with Gasteiger partial charge in [0, 0.05) is 6.54 Å². The van der Waals surface area contributed by atoms with Crippen LogP contribution in [0.15, 0.2) is 53.4 Å². The van der Waals surface area contributed by atoms with Crippen LogP contribution in [-0.4, -0.2) is 13.5 Å². The Kier molecular flexibility index (Phi) is 4.49. The number of benzene rings is 2. The molecule has 6 heteroatoms. The van der Waals surface area contributed by atoms with Crippen molar-refractivity contribution in [2.75, 3.05) is 0 Å². The van der Waals surface area contributed by atoms with E-state index in [2.05, 4.69) is 4.72 Å². The Hall–Kier alpha value is -1.76. The Morgan fingerprint density at radius 3 is 2.35 bits per heavy atom. The van der Waals surface area contributed by atoms with Crippen LogP contribution in [-0.2, 0) is 23.2 Å². The maximum absolute atomic E-state index is 13.7. The quantitative estimate of drug-likeness (QED) is 0.884. The monoisotopic (exact) mass is 295 g/mol. The Labute approximate surface area is 116 Å². The van der Waals surface area contributed by atoms with E-state index >= 15 is 0 Å². The number of aliphatic hydroxyl groups excluding tert-OH is 1. The molecule has 0 atom stereocenters. The number of sulfonamides is 1. The molecule has 0 saturated carbocycles. The zero-order valence-electron chi connectivity index (χ0n) is 10.6. The molecule has 0 unspecified atom stereocenters. The average Bonchev–Trinajstić information content (AvgIpc) is 2.46. The summed E-state index contributed by atoms with van der Waals surface area (Å²) in [4.78, 5) is -0.425. The van der Waals surface area contributed by atoms with Gasteiger partial charge in [-0.15, -0.1) is 0 Å². The van der Waals surface area contributed by atoms with Gasteiger partial charge in [0.05, 0.1) is 6.61 Å². The van der Waals surface area contributed by atoms with Crippen molar-refractivity contribution < 1.29 is 17.9 Å². The summed E-state index contributed by atoms with van der Waals surface area (Å²) in [5.41, 5.74) is 1.10. The van der Waals surface area contributed by atoms with Crippen molar-refractivity contribution in [1.29, 1.82) is 0 Å². The zero-order chi connectivity index (χ0) is 14.6. The van der Waals surface area contributed by atoms with Gasteiger partial charge in [0.2, 0.25) is 10.0 Å². The first-order chi connectivity index (χ1) is 9.53. The summed E-state index contributed by atoms with van der Waals surface area (Å²) in [6.45, 7) is -0.251. The van der Waals surface area contributed by atoms with Gasteiger partial charge in [0.25, 0.3) is 0 Å². The fourth-order valence-electron chi connectivity index (χ4n) is 1.71. The minimum absolute atomic E-state index is 0.0877. The van der Waals surface area contributed by atoms with E-state index in [0.717, 1.165) is 17.7 Å². The predicted molar refractivity (Wildman–Crippen MR) is 72.8 cm³/mol. The Morgan fingerprint density at radius 2 is 1.75 bits per heavy atom. The molecule has 106 valence electrons. The highest BCUT2D eigenvalue weighted by Gasteiger charge is 2.18. The largest absolute Gasteiger partial charge is 0.392 e. The van der Waals surface area contributed by atoms with Gasteiger partial charge in [-0.25, -0.2) is 17.5 Å². The van der Waals surface area contributed by atoms with Crippen LogP contribution >= 0.6 is 0 Å². The van der Waals surface area contributed by atoms with Crippen molar-refractivity contribution in [3.8, 4) is 0 Å². The molecule has 0 bridgehead atoms. The van der Waals surface area contributed by atoms with Gasteiger partial charge in [0.15, 0.2) is 0 Å². The van der Waals surface area contributed by atoms with Gasteiger partial charge in [-0.3, -0.25) is 0 Å². The fourth-order valence-corrected chi connectivity index (χ4v) is 2.79. The molecule has 20 heavy (non-hydrogen) atoms. The fraction of sp³-hybridized carbons (Fsp3) is 0.143. The summed E-state index contributed by atoms with van der Waals surface area (Å²) in [7, 11) is -3.92. The summed E-state index contributed by atoms with van der Waals surface area (Å²) < 4.78 is 40.1. The molecule has 0 spiro atoms. The van der Waals surface area contributed by atoms with Crippen LogP contribution in [0.3, 0.4) is 0 Å². The third-order valence-corrected chi connectivity index (χ3v) is 4.21. The molecule has 2 aromatic carbocycles. The van der Waals surface area contributed by atoms with Crippen LogP contribution in [0.5, 0.6) is 0 Å². The average molecular weight is 295 g/mol. The van der Waals surface area contributed by atoms with Crippen LogP contribution in [0, 0.1) is 5.82 Å². The first kappa shape index (κ1) is 14.6. The second-order valence-corrected chi connectivity index (χ2v) is 5.97. The van der Waals surface area contributed by atoms with Crippen LogP contribution < -0.4 is 4.72 Å². The highest BCUT2D eigenvalue weighted by atomic mass is 32.2. The predicted octanol–water partition coefficient (Wildman–Crippen LogP) is 1.80. The molecule has 0 radical (unpaired) electrons. The molecule has 0 aromatic heterocycles. The number of rotatable bonds is 5. The van der Waals surface area contributed by atoms with E-state index in [1.807, 2.05) is 6.07 Å². The third-order valence-electron chi connectivity index (χ3n) is 2.78. The molecule has 2 rings (SSSR count). The van der Waals surface area contributed by atoms with Gasteiger partial charge >= 0.3 is 0 Å². The highest BCUT2D eigenvalue weighted by Crippen LogP contribution is 2.16. The number of aliphatic hydroxyl groups is 1. The Morgan fingerprint density at radius 1 is 1.05 bits per heavy atom. The molecule has 0 aliphatic rings. The van der Waals surface area contributed by atoms with Crippen LogP contribution in [0.4, 0.5) is 4.39 Å². The summed E-state index contributed by atoms with van der Waals surface area (Å²) in [6, 6.07) is 12.5. The standard InChI is InChI=1S/C14H14FNO3S/c15-13-8-12(10-17)6-7-14(13)20(18,19)16-9-11-4-2-1-3-5-11/h1-8,16-17H,9-10H2. The SMILES string of the molecule is O=S(=O)(NCc1ccccc1)c1ccc(CO)cc1F. The summed E-state index contributed by atoms with van der Waals surface area (Å²) in [6.07, 6.45) is 0. The lowest BCUT2D eigenvalue weighted by Crippen LogP contribution is -2.24. The topological polar surface area (TPSA) is 66.4 Å². The lowest BCUT2D eigenvalue weighted by molar-refractivity contribution is 0.281. The lowest BCUT2D eigenvalue weighted by atomic mass is 10.2. The molecule has 4 nitrogen and oxygen atoms in total. The van der Waals surface area contributed by atoms with Crippen molar-refractivity contribution in [1.82, 2.24) is 4.72 Å². The zero-order valence-corrected chi connectivity index (χ0v) is 11.4. The van der Waals surface area contributed by atoms with Crippen molar-refractivity contribution in [2.45, 2.75) is 18.0 Å². The van der Waals surface area contributed by atoms with E-state index in [0.29, 0.717) is 5.56 Å². The van der Waals surface area contributed by atoms with Crippen LogP contribution in [0.1, 0.15) is 11.1 Å². The van der Waals surface area contributed by atoms with Crippen molar-refractivity contribution in [3.63, 3.8) is 0 Å². The molecular weight excluding hydrogens is 281 g/mol. The van der Waals surface area contributed by atoms with Crippen LogP contribution in [0.2, 0.25) is 0 Å². The van der Waals surface area contributed by atoms with Gasteiger partial charge in [-0.1, -0.05) is 36.4 Å². The molecular formula is C14H14FNO3S. The third kappa shape index (κ3) is 3.41. The van der Waals surface area contributed by atoms with Gasteiger partial charge in [-0.05, 0) is 23.3 Å². The van der Waals surface area contributed by atoms with Gasteiger partial charge < -0.3 is 5.11 Å². The van der Waals surface area contributed by atoms with Crippen molar-refractivity contribution >= 4 is 10.0 Å².